The lowest BCUT2D eigenvalue weighted by molar-refractivity contribution is 0.553. The highest BCUT2D eigenvalue weighted by atomic mass is 35.5. The van der Waals surface area contributed by atoms with E-state index in [1.165, 1.54) is 4.68 Å². The molecule has 4 heteroatoms. The van der Waals surface area contributed by atoms with Gasteiger partial charge in [-0.2, -0.15) is 4.39 Å². The van der Waals surface area contributed by atoms with Crippen LogP contribution in [0, 0.1) is 5.95 Å². The summed E-state index contributed by atoms with van der Waals surface area (Å²) >= 11 is 5.39. The van der Waals surface area contributed by atoms with E-state index in [9.17, 15) is 4.39 Å². The van der Waals surface area contributed by atoms with Gasteiger partial charge >= 0.3 is 0 Å². The van der Waals surface area contributed by atoms with Crippen molar-refractivity contribution < 1.29 is 4.39 Å². The number of halogens is 2. The summed E-state index contributed by atoms with van der Waals surface area (Å²) in [5.41, 5.74) is 0. The first-order chi connectivity index (χ1) is 3.70. The second kappa shape index (κ2) is 1.74. The Labute approximate surface area is 50.9 Å². The van der Waals surface area contributed by atoms with E-state index in [2.05, 4.69) is 5.10 Å². The van der Waals surface area contributed by atoms with E-state index >= 15 is 0 Å². The van der Waals surface area contributed by atoms with Crippen LogP contribution in [0.2, 0.25) is 5.15 Å². The molecule has 0 N–H and O–H groups in total. The van der Waals surface area contributed by atoms with Crippen molar-refractivity contribution >= 4 is 11.6 Å². The largest absolute Gasteiger partial charge is 0.254 e. The molecular weight excluding hydrogens is 131 g/mol. The highest BCUT2D eigenvalue weighted by Gasteiger charge is 1.97. The zero-order valence-electron chi connectivity index (χ0n) is 4.23. The number of aromatic nitrogens is 2. The van der Waals surface area contributed by atoms with Crippen molar-refractivity contribution in [2.75, 3.05) is 0 Å². The zero-order valence-corrected chi connectivity index (χ0v) is 4.98. The molecule has 0 radical (unpaired) electrons. The first-order valence-corrected chi connectivity index (χ1v) is 2.43. The Balaban J connectivity index is 3.14. The van der Waals surface area contributed by atoms with Gasteiger partial charge in [-0.15, -0.1) is 5.10 Å². The number of aryl methyl sites for hydroxylation is 1. The van der Waals surface area contributed by atoms with Crippen LogP contribution in [-0.4, -0.2) is 9.78 Å². The van der Waals surface area contributed by atoms with Gasteiger partial charge in [0.1, 0.15) is 5.15 Å². The second-order valence-corrected chi connectivity index (χ2v) is 1.80. The molecule has 1 aromatic rings. The molecule has 0 unspecified atom stereocenters. The third kappa shape index (κ3) is 0.816. The van der Waals surface area contributed by atoms with Gasteiger partial charge in [0.15, 0.2) is 0 Å². The SMILES string of the molecule is Cn1nc(F)cc1Cl. The van der Waals surface area contributed by atoms with Crippen molar-refractivity contribution in [3.05, 3.63) is 17.2 Å². The van der Waals surface area contributed by atoms with Crippen LogP contribution in [0.1, 0.15) is 0 Å². The first-order valence-electron chi connectivity index (χ1n) is 2.05. The first kappa shape index (κ1) is 5.56. The van der Waals surface area contributed by atoms with Crippen molar-refractivity contribution in [2.24, 2.45) is 7.05 Å². The van der Waals surface area contributed by atoms with Gasteiger partial charge in [-0.3, -0.25) is 4.68 Å². The fourth-order valence-corrected chi connectivity index (χ4v) is 0.539. The minimum absolute atomic E-state index is 0.308. The lowest BCUT2D eigenvalue weighted by atomic mass is 10.7. The Hall–Kier alpha value is -0.570. The zero-order chi connectivity index (χ0) is 6.15. The van der Waals surface area contributed by atoms with Crippen LogP contribution in [0.3, 0.4) is 0 Å². The Bertz CT molecular complexity index is 176. The van der Waals surface area contributed by atoms with E-state index in [0.29, 0.717) is 5.15 Å². The van der Waals surface area contributed by atoms with Crippen LogP contribution in [0.15, 0.2) is 6.07 Å². The van der Waals surface area contributed by atoms with Crippen LogP contribution >= 0.6 is 11.6 Å². The van der Waals surface area contributed by atoms with Gasteiger partial charge in [-0.1, -0.05) is 11.6 Å². The third-order valence-corrected chi connectivity index (χ3v) is 1.15. The van der Waals surface area contributed by atoms with E-state index < -0.39 is 5.95 Å². The fourth-order valence-electron chi connectivity index (χ4n) is 0.412. The minimum Gasteiger partial charge on any atom is -0.254 e. The smallest absolute Gasteiger partial charge is 0.234 e. The highest BCUT2D eigenvalue weighted by Crippen LogP contribution is 2.06. The van der Waals surface area contributed by atoms with Gasteiger partial charge < -0.3 is 0 Å². The minimum atomic E-state index is -0.544. The number of rotatable bonds is 0. The molecule has 44 valence electrons. The van der Waals surface area contributed by atoms with Gasteiger partial charge in [0.2, 0.25) is 5.95 Å². The molecule has 0 saturated carbocycles. The maximum absolute atomic E-state index is 12.0. The molecule has 8 heavy (non-hydrogen) atoms. The maximum atomic E-state index is 12.0. The van der Waals surface area contributed by atoms with Crippen LogP contribution < -0.4 is 0 Å². The summed E-state index contributed by atoms with van der Waals surface area (Å²) in [5, 5.41) is 3.64. The molecule has 0 aromatic carbocycles. The molecule has 1 rings (SSSR count). The predicted octanol–water partition coefficient (Wildman–Crippen LogP) is 1.21. The van der Waals surface area contributed by atoms with Gasteiger partial charge in [-0.25, -0.2) is 0 Å². The van der Waals surface area contributed by atoms with E-state index in [1.54, 1.807) is 7.05 Å². The van der Waals surface area contributed by atoms with Crippen LogP contribution in [0.4, 0.5) is 4.39 Å². The average molecular weight is 135 g/mol. The van der Waals surface area contributed by atoms with E-state index in [1.807, 2.05) is 0 Å². The third-order valence-electron chi connectivity index (χ3n) is 0.793. The molecule has 0 amide bonds. The quantitative estimate of drug-likeness (QED) is 0.522. The highest BCUT2D eigenvalue weighted by molar-refractivity contribution is 6.29. The van der Waals surface area contributed by atoms with Crippen molar-refractivity contribution in [3.8, 4) is 0 Å². The molecule has 0 spiro atoms. The second-order valence-electron chi connectivity index (χ2n) is 1.41. The number of hydrogen-bond donors (Lipinski definition) is 0. The Morgan fingerprint density at radius 3 is 2.62 bits per heavy atom. The summed E-state index contributed by atoms with van der Waals surface area (Å²) in [6.45, 7) is 0. The molecule has 2 nitrogen and oxygen atoms in total. The summed E-state index contributed by atoms with van der Waals surface area (Å²) in [4.78, 5) is 0. The van der Waals surface area contributed by atoms with E-state index in [-0.39, 0.29) is 0 Å². The summed E-state index contributed by atoms with van der Waals surface area (Å²) in [6, 6.07) is 1.15. The molecule has 0 atom stereocenters. The molecule has 0 aliphatic carbocycles. The van der Waals surface area contributed by atoms with Crippen LogP contribution in [0.25, 0.3) is 0 Å². The van der Waals surface area contributed by atoms with Crippen LogP contribution in [-0.2, 0) is 7.05 Å². The monoisotopic (exact) mass is 134 g/mol. The Morgan fingerprint density at radius 2 is 2.50 bits per heavy atom. The van der Waals surface area contributed by atoms with E-state index in [4.69, 9.17) is 11.6 Å². The van der Waals surface area contributed by atoms with Crippen molar-refractivity contribution in [1.29, 1.82) is 0 Å². The van der Waals surface area contributed by atoms with Gasteiger partial charge in [-0.05, 0) is 0 Å². The molecule has 0 fully saturated rings. The molecule has 0 bridgehead atoms. The molecule has 1 aromatic heterocycles. The van der Waals surface area contributed by atoms with Gasteiger partial charge in [0.25, 0.3) is 0 Å². The standard InChI is InChI=1S/C4H4ClFN2/c1-8-3(5)2-4(6)7-8/h2H,1H3. The maximum Gasteiger partial charge on any atom is 0.234 e. The predicted molar refractivity (Wildman–Crippen MR) is 28.2 cm³/mol. The lowest BCUT2D eigenvalue weighted by Gasteiger charge is -1.84. The van der Waals surface area contributed by atoms with Gasteiger partial charge in [0.05, 0.1) is 0 Å². The van der Waals surface area contributed by atoms with Crippen molar-refractivity contribution in [3.63, 3.8) is 0 Å². The summed E-state index contributed by atoms with van der Waals surface area (Å²) < 4.78 is 13.2. The average Bonchev–Trinajstić information content (AvgIpc) is 1.85. The molecule has 1 heterocycles. The molecule has 0 aliphatic heterocycles. The van der Waals surface area contributed by atoms with Crippen molar-refractivity contribution in [1.82, 2.24) is 9.78 Å². The summed E-state index contributed by atoms with van der Waals surface area (Å²) in [7, 11) is 1.57. The van der Waals surface area contributed by atoms with E-state index in [0.717, 1.165) is 6.07 Å². The summed E-state index contributed by atoms with van der Waals surface area (Å²) in [5.74, 6) is -0.544. The van der Waals surface area contributed by atoms with Crippen molar-refractivity contribution in [2.45, 2.75) is 0 Å². The molecule has 0 saturated heterocycles. The molecule has 0 aliphatic rings. The topological polar surface area (TPSA) is 17.8 Å². The van der Waals surface area contributed by atoms with Crippen LogP contribution in [0.5, 0.6) is 0 Å². The normalized spacial score (nSPS) is 9.88. The lowest BCUT2D eigenvalue weighted by Crippen LogP contribution is -1.89. The number of nitrogens with zero attached hydrogens (tertiary/aromatic N) is 2. The summed E-state index contributed by atoms with van der Waals surface area (Å²) in [6.07, 6.45) is 0. The number of hydrogen-bond acceptors (Lipinski definition) is 1. The molecular formula is C4H4ClFN2. The fraction of sp³-hybridized carbons (Fsp3) is 0.250. The Kier molecular flexibility index (Phi) is 1.21. The Morgan fingerprint density at radius 1 is 1.88 bits per heavy atom. The van der Waals surface area contributed by atoms with Gasteiger partial charge in [0, 0.05) is 13.1 Å².